The maximum absolute atomic E-state index is 12.9. The van der Waals surface area contributed by atoms with Crippen LogP contribution >= 0.6 is 0 Å². The van der Waals surface area contributed by atoms with E-state index in [1.165, 1.54) is 17.7 Å². The lowest BCUT2D eigenvalue weighted by Gasteiger charge is -2.36. The molecule has 1 aliphatic rings. The van der Waals surface area contributed by atoms with Crippen LogP contribution in [0.3, 0.4) is 0 Å². The molecule has 0 radical (unpaired) electrons. The Morgan fingerprint density at radius 1 is 1.04 bits per heavy atom. The van der Waals surface area contributed by atoms with E-state index in [2.05, 4.69) is 10.2 Å². The van der Waals surface area contributed by atoms with Gasteiger partial charge in [-0.3, -0.25) is 4.90 Å². The summed E-state index contributed by atoms with van der Waals surface area (Å²) in [5, 5.41) is 3.28. The van der Waals surface area contributed by atoms with Crippen molar-refractivity contribution in [3.63, 3.8) is 0 Å². The first-order chi connectivity index (χ1) is 11.0. The van der Waals surface area contributed by atoms with Crippen LogP contribution in [0.1, 0.15) is 22.7 Å². The van der Waals surface area contributed by atoms with Crippen molar-refractivity contribution in [2.75, 3.05) is 19.6 Å². The minimum Gasteiger partial charge on any atom is -0.314 e. The van der Waals surface area contributed by atoms with E-state index in [1.54, 1.807) is 6.07 Å². The molecular formula is C18H19F3N2. The Labute approximate surface area is 133 Å². The van der Waals surface area contributed by atoms with Crippen LogP contribution in [-0.2, 0) is 12.7 Å². The smallest absolute Gasteiger partial charge is 0.314 e. The van der Waals surface area contributed by atoms with E-state index in [0.717, 1.165) is 25.7 Å². The zero-order chi connectivity index (χ0) is 16.3. The van der Waals surface area contributed by atoms with Gasteiger partial charge in [-0.05, 0) is 23.3 Å². The minimum absolute atomic E-state index is 0.0498. The Bertz CT molecular complexity index is 640. The zero-order valence-electron chi connectivity index (χ0n) is 12.7. The van der Waals surface area contributed by atoms with Gasteiger partial charge < -0.3 is 5.32 Å². The first-order valence-corrected chi connectivity index (χ1v) is 7.70. The number of nitrogens with one attached hydrogen (secondary N) is 1. The number of benzene rings is 2. The molecular weight excluding hydrogens is 301 g/mol. The third kappa shape index (κ3) is 3.92. The minimum atomic E-state index is -4.30. The van der Waals surface area contributed by atoms with E-state index in [0.29, 0.717) is 12.1 Å². The first kappa shape index (κ1) is 16.0. The maximum atomic E-state index is 12.9. The molecule has 0 aromatic heterocycles. The third-order valence-corrected chi connectivity index (χ3v) is 4.18. The molecule has 0 saturated carbocycles. The van der Waals surface area contributed by atoms with Crippen LogP contribution in [-0.4, -0.2) is 24.5 Å². The van der Waals surface area contributed by atoms with Crippen LogP contribution in [0.15, 0.2) is 54.6 Å². The molecule has 0 amide bonds. The summed E-state index contributed by atoms with van der Waals surface area (Å²) in [5.41, 5.74) is 1.30. The Balaban J connectivity index is 1.84. The molecule has 1 unspecified atom stereocenters. The van der Waals surface area contributed by atoms with E-state index < -0.39 is 11.7 Å². The van der Waals surface area contributed by atoms with Crippen molar-refractivity contribution in [1.29, 1.82) is 0 Å². The fourth-order valence-electron chi connectivity index (χ4n) is 3.00. The predicted molar refractivity (Wildman–Crippen MR) is 83.9 cm³/mol. The average Bonchev–Trinajstić information content (AvgIpc) is 2.56. The summed E-state index contributed by atoms with van der Waals surface area (Å²) in [6.07, 6.45) is -4.30. The van der Waals surface area contributed by atoms with E-state index in [4.69, 9.17) is 0 Å². The van der Waals surface area contributed by atoms with Crippen molar-refractivity contribution in [1.82, 2.24) is 10.2 Å². The van der Waals surface area contributed by atoms with Crippen molar-refractivity contribution in [2.45, 2.75) is 18.8 Å². The molecule has 1 atom stereocenters. The predicted octanol–water partition coefficient (Wildman–Crippen LogP) is 3.85. The molecule has 1 fully saturated rings. The number of piperazine rings is 1. The van der Waals surface area contributed by atoms with E-state index >= 15 is 0 Å². The summed E-state index contributed by atoms with van der Waals surface area (Å²) in [4.78, 5) is 2.24. The highest BCUT2D eigenvalue weighted by atomic mass is 19.4. The second-order valence-corrected chi connectivity index (χ2v) is 5.80. The van der Waals surface area contributed by atoms with Crippen LogP contribution in [0.25, 0.3) is 0 Å². The van der Waals surface area contributed by atoms with Gasteiger partial charge in [0.25, 0.3) is 0 Å². The Hall–Kier alpha value is -1.85. The van der Waals surface area contributed by atoms with Gasteiger partial charge in [0.2, 0.25) is 0 Å². The summed E-state index contributed by atoms with van der Waals surface area (Å²) < 4.78 is 38.8. The summed E-state index contributed by atoms with van der Waals surface area (Å²) in [6, 6.07) is 15.6. The molecule has 1 N–H and O–H groups in total. The van der Waals surface area contributed by atoms with Gasteiger partial charge in [-0.25, -0.2) is 0 Å². The van der Waals surface area contributed by atoms with E-state index in [9.17, 15) is 13.2 Å². The SMILES string of the molecule is FC(F)(F)c1cccc(C2CNCCN2Cc2ccccc2)c1. The molecule has 1 aliphatic heterocycles. The maximum Gasteiger partial charge on any atom is 0.416 e. The van der Waals surface area contributed by atoms with Crippen molar-refractivity contribution in [3.05, 3.63) is 71.3 Å². The van der Waals surface area contributed by atoms with Gasteiger partial charge in [-0.2, -0.15) is 13.2 Å². The standard InChI is InChI=1S/C18H19F3N2/c19-18(20,21)16-8-4-7-15(11-16)17-12-22-9-10-23(17)13-14-5-2-1-3-6-14/h1-8,11,17,22H,9-10,12-13H2. The topological polar surface area (TPSA) is 15.3 Å². The third-order valence-electron chi connectivity index (χ3n) is 4.18. The first-order valence-electron chi connectivity index (χ1n) is 7.70. The molecule has 1 saturated heterocycles. The van der Waals surface area contributed by atoms with Crippen LogP contribution < -0.4 is 5.32 Å². The Morgan fingerprint density at radius 2 is 1.83 bits per heavy atom. The molecule has 0 bridgehead atoms. The molecule has 2 nitrogen and oxygen atoms in total. The van der Waals surface area contributed by atoms with Crippen molar-refractivity contribution < 1.29 is 13.2 Å². The molecule has 3 rings (SSSR count). The highest BCUT2D eigenvalue weighted by Crippen LogP contribution is 2.32. The average molecular weight is 320 g/mol. The van der Waals surface area contributed by atoms with Crippen LogP contribution in [0.4, 0.5) is 13.2 Å². The molecule has 2 aromatic rings. The lowest BCUT2D eigenvalue weighted by atomic mass is 10.00. The summed E-state index contributed by atoms with van der Waals surface area (Å²) in [6.45, 7) is 3.07. The zero-order valence-corrected chi connectivity index (χ0v) is 12.7. The summed E-state index contributed by atoms with van der Waals surface area (Å²) in [7, 11) is 0. The van der Waals surface area contributed by atoms with Crippen LogP contribution in [0.2, 0.25) is 0 Å². The van der Waals surface area contributed by atoms with Gasteiger partial charge in [0.15, 0.2) is 0 Å². The molecule has 0 aliphatic carbocycles. The quantitative estimate of drug-likeness (QED) is 0.924. The molecule has 0 spiro atoms. The Morgan fingerprint density at radius 3 is 2.57 bits per heavy atom. The number of hydrogen-bond acceptors (Lipinski definition) is 2. The normalized spacial score (nSPS) is 19.7. The molecule has 5 heteroatoms. The number of rotatable bonds is 3. The van der Waals surface area contributed by atoms with Crippen molar-refractivity contribution >= 4 is 0 Å². The van der Waals surface area contributed by atoms with Gasteiger partial charge in [0.05, 0.1) is 5.56 Å². The van der Waals surface area contributed by atoms with Crippen molar-refractivity contribution in [3.8, 4) is 0 Å². The summed E-state index contributed by atoms with van der Waals surface area (Å²) in [5.74, 6) is 0. The van der Waals surface area contributed by atoms with Gasteiger partial charge in [0.1, 0.15) is 0 Å². The number of halogens is 3. The number of nitrogens with zero attached hydrogens (tertiary/aromatic N) is 1. The fraction of sp³-hybridized carbons (Fsp3) is 0.333. The van der Waals surface area contributed by atoms with Crippen LogP contribution in [0, 0.1) is 0 Å². The molecule has 1 heterocycles. The van der Waals surface area contributed by atoms with E-state index in [1.807, 2.05) is 30.3 Å². The lowest BCUT2D eigenvalue weighted by Crippen LogP contribution is -2.45. The van der Waals surface area contributed by atoms with Gasteiger partial charge in [0, 0.05) is 32.2 Å². The number of alkyl halides is 3. The van der Waals surface area contributed by atoms with E-state index in [-0.39, 0.29) is 6.04 Å². The second kappa shape index (κ2) is 6.72. The van der Waals surface area contributed by atoms with Crippen LogP contribution in [0.5, 0.6) is 0 Å². The second-order valence-electron chi connectivity index (χ2n) is 5.80. The van der Waals surface area contributed by atoms with Gasteiger partial charge >= 0.3 is 6.18 Å². The monoisotopic (exact) mass is 320 g/mol. The largest absolute Gasteiger partial charge is 0.416 e. The highest BCUT2D eigenvalue weighted by Gasteiger charge is 2.32. The summed E-state index contributed by atoms with van der Waals surface area (Å²) >= 11 is 0. The van der Waals surface area contributed by atoms with Gasteiger partial charge in [-0.1, -0.05) is 42.5 Å². The number of hydrogen-bond donors (Lipinski definition) is 1. The van der Waals surface area contributed by atoms with Crippen molar-refractivity contribution in [2.24, 2.45) is 0 Å². The molecule has 122 valence electrons. The van der Waals surface area contributed by atoms with Gasteiger partial charge in [-0.15, -0.1) is 0 Å². The highest BCUT2D eigenvalue weighted by molar-refractivity contribution is 5.29. The molecule has 23 heavy (non-hydrogen) atoms. The molecule has 2 aromatic carbocycles. The Kier molecular flexibility index (Phi) is 4.68. The fourth-order valence-corrected chi connectivity index (χ4v) is 3.00. The lowest BCUT2D eigenvalue weighted by molar-refractivity contribution is -0.137.